The van der Waals surface area contributed by atoms with Gasteiger partial charge in [0.1, 0.15) is 6.10 Å². The van der Waals surface area contributed by atoms with Crippen LogP contribution in [-0.4, -0.2) is 85.8 Å². The average Bonchev–Trinajstić information content (AvgIpc) is 3.40. The highest BCUT2D eigenvalue weighted by molar-refractivity contribution is 7.89. The molecule has 3 aromatic rings. The minimum Gasteiger partial charge on any atom is -0.443 e. The summed E-state index contributed by atoms with van der Waals surface area (Å²) in [5.41, 5.74) is 7.98. The minimum absolute atomic E-state index is 0.0406. The molecule has 0 spiro atoms. The Morgan fingerprint density at radius 2 is 1.62 bits per heavy atom. The molecule has 0 bridgehead atoms. The maximum atomic E-state index is 13.7. The second-order valence-electron chi connectivity index (χ2n) is 12.4. The molecule has 0 aliphatic carbocycles. The summed E-state index contributed by atoms with van der Waals surface area (Å²) >= 11 is 0. The van der Waals surface area contributed by atoms with Crippen molar-refractivity contribution < 1.29 is 37.6 Å². The molecule has 47 heavy (non-hydrogen) atoms. The predicted molar refractivity (Wildman–Crippen MR) is 179 cm³/mol. The molecule has 1 fully saturated rings. The lowest BCUT2D eigenvalue weighted by atomic mass is 9.93. The van der Waals surface area contributed by atoms with Gasteiger partial charge in [-0.25, -0.2) is 13.2 Å². The summed E-state index contributed by atoms with van der Waals surface area (Å²) in [5, 5.41) is 24.5. The van der Waals surface area contributed by atoms with Crippen LogP contribution in [0.4, 0.5) is 10.5 Å². The zero-order valence-corrected chi connectivity index (χ0v) is 28.0. The number of nitrogens with one attached hydrogen (secondary N) is 1. The molecule has 3 aromatic carbocycles. The lowest BCUT2D eigenvalue weighted by Gasteiger charge is -2.31. The number of carbonyl (C=O) groups is 1. The van der Waals surface area contributed by atoms with Gasteiger partial charge in [-0.3, -0.25) is 0 Å². The topological polar surface area (TPSA) is 161 Å². The van der Waals surface area contributed by atoms with Crippen LogP contribution in [0.25, 0.3) is 0 Å². The smallest absolute Gasteiger partial charge is 0.407 e. The molecule has 0 unspecified atom stereocenters. The number of benzene rings is 3. The van der Waals surface area contributed by atoms with E-state index < -0.39 is 46.4 Å². The van der Waals surface area contributed by atoms with Crippen LogP contribution in [0.2, 0.25) is 0 Å². The zero-order chi connectivity index (χ0) is 34.0. The Hall–Kier alpha value is -3.52. The number of aliphatic hydroxyl groups excluding tert-OH is 2. The van der Waals surface area contributed by atoms with Crippen molar-refractivity contribution in [3.63, 3.8) is 0 Å². The predicted octanol–water partition coefficient (Wildman–Crippen LogP) is 3.60. The average molecular weight is 670 g/mol. The van der Waals surface area contributed by atoms with E-state index in [1.54, 1.807) is 0 Å². The van der Waals surface area contributed by atoms with Crippen molar-refractivity contribution >= 4 is 21.8 Å². The summed E-state index contributed by atoms with van der Waals surface area (Å²) in [6, 6.07) is 23.8. The Bertz CT molecular complexity index is 1490. The number of ether oxygens (including phenoxy) is 3. The maximum absolute atomic E-state index is 13.7. The third-order valence-corrected chi connectivity index (χ3v) is 10.1. The quantitative estimate of drug-likeness (QED) is 0.167. The van der Waals surface area contributed by atoms with Gasteiger partial charge in [0, 0.05) is 18.8 Å². The number of hydrogen-bond acceptors (Lipinski definition) is 9. The van der Waals surface area contributed by atoms with Gasteiger partial charge in [0.2, 0.25) is 10.0 Å². The highest BCUT2D eigenvalue weighted by atomic mass is 32.2. The van der Waals surface area contributed by atoms with Crippen LogP contribution < -0.4 is 11.1 Å². The highest BCUT2D eigenvalue weighted by Gasteiger charge is 2.43. The number of sulfonamides is 1. The molecule has 256 valence electrons. The number of nitrogens with two attached hydrogens (primary N) is 1. The molecule has 1 heterocycles. The molecule has 5 N–H and O–H groups in total. The molecule has 12 heteroatoms. The summed E-state index contributed by atoms with van der Waals surface area (Å²) in [6.07, 6.45) is -3.60. The Morgan fingerprint density at radius 3 is 2.21 bits per heavy atom. The number of aliphatic hydroxyl groups is 2. The molecule has 4 rings (SSSR count). The summed E-state index contributed by atoms with van der Waals surface area (Å²) in [4.78, 5) is 13.5. The van der Waals surface area contributed by atoms with Gasteiger partial charge in [-0.2, -0.15) is 4.31 Å². The lowest BCUT2D eigenvalue weighted by Crippen LogP contribution is -2.52. The second-order valence-corrected chi connectivity index (χ2v) is 14.3. The number of carbonyl (C=O) groups excluding carboxylic acids is 1. The first-order chi connectivity index (χ1) is 22.5. The number of nitrogen functional groups attached to an aromatic ring is 1. The lowest BCUT2D eigenvalue weighted by molar-refractivity contribution is -0.0692. The zero-order valence-electron chi connectivity index (χ0n) is 27.1. The van der Waals surface area contributed by atoms with Crippen molar-refractivity contribution in [2.75, 3.05) is 32.0 Å². The van der Waals surface area contributed by atoms with E-state index in [4.69, 9.17) is 19.9 Å². The van der Waals surface area contributed by atoms with Gasteiger partial charge in [0.05, 0.1) is 55.0 Å². The number of hydrogen-bond donors (Lipinski definition) is 4. The van der Waals surface area contributed by atoms with Crippen LogP contribution in [-0.2, 0) is 37.3 Å². The van der Waals surface area contributed by atoms with E-state index in [9.17, 15) is 23.4 Å². The first kappa shape index (κ1) is 36.3. The third-order valence-electron chi connectivity index (χ3n) is 8.21. The minimum atomic E-state index is -3.99. The summed E-state index contributed by atoms with van der Waals surface area (Å²) in [7, 11) is -3.99. The van der Waals surface area contributed by atoms with Gasteiger partial charge in [0.25, 0.3) is 0 Å². The summed E-state index contributed by atoms with van der Waals surface area (Å²) in [6.45, 7) is 5.58. The number of rotatable bonds is 16. The number of amides is 1. The number of nitrogens with zero attached hydrogens (tertiary/aromatic N) is 1. The van der Waals surface area contributed by atoms with Crippen molar-refractivity contribution in [2.24, 2.45) is 11.8 Å². The van der Waals surface area contributed by atoms with E-state index >= 15 is 0 Å². The Kier molecular flexibility index (Phi) is 13.2. The molecule has 1 saturated heterocycles. The molecule has 11 nitrogen and oxygen atoms in total. The molecule has 0 radical (unpaired) electrons. The highest BCUT2D eigenvalue weighted by Crippen LogP contribution is 2.30. The Morgan fingerprint density at radius 1 is 1.00 bits per heavy atom. The van der Waals surface area contributed by atoms with Gasteiger partial charge in [-0.05, 0) is 54.7 Å². The van der Waals surface area contributed by atoms with Gasteiger partial charge in [-0.15, -0.1) is 0 Å². The molecule has 6 atom stereocenters. The second kappa shape index (κ2) is 17.0. The van der Waals surface area contributed by atoms with E-state index in [0.717, 1.165) is 11.1 Å². The normalized spacial score (nSPS) is 20.2. The van der Waals surface area contributed by atoms with Crippen LogP contribution in [0, 0.1) is 11.8 Å². The summed E-state index contributed by atoms with van der Waals surface area (Å²) in [5.74, 6) is -0.486. The van der Waals surface area contributed by atoms with E-state index in [1.807, 2.05) is 81.4 Å². The van der Waals surface area contributed by atoms with E-state index in [0.29, 0.717) is 5.69 Å². The standard InChI is InChI=1S/C35H47N3O8S/c1-24(2)19-38(47(42,43)29-16-14-28(36)15-17-29)20-31(40)30(18-26-10-6-4-7-11-26)37-35(41)46-33-23-44-25(3)34(33)32(21-39)45-22-27-12-8-5-9-13-27/h4-17,24-25,30-34,39-40H,18-23,36H2,1-3H3,(H,37,41)/t25-,30-,31+,32-,33-,34-/m0/s1. The van der Waals surface area contributed by atoms with Crippen molar-refractivity contribution in [2.45, 2.75) is 69.2 Å². The third kappa shape index (κ3) is 10.2. The van der Waals surface area contributed by atoms with Crippen LogP contribution >= 0.6 is 0 Å². The molecule has 0 aromatic heterocycles. The number of anilines is 1. The molecule has 1 amide bonds. The maximum Gasteiger partial charge on any atom is 0.407 e. The Balaban J connectivity index is 1.49. The molecule has 1 aliphatic heterocycles. The van der Waals surface area contributed by atoms with Gasteiger partial charge >= 0.3 is 6.09 Å². The molecule has 0 saturated carbocycles. The SMILES string of the molecule is CC(C)CN(C[C@@H](O)[C@H](Cc1ccccc1)NC(=O)O[C@H]1CO[C@@H](C)[C@H]1[C@H](CO)OCc1ccccc1)S(=O)(=O)c1ccc(N)cc1. The number of alkyl carbamates (subject to hydrolysis) is 1. The van der Waals surface area contributed by atoms with E-state index in [2.05, 4.69) is 5.32 Å². The van der Waals surface area contributed by atoms with E-state index in [-0.39, 0.29) is 56.2 Å². The first-order valence-electron chi connectivity index (χ1n) is 15.9. The molecule has 1 aliphatic rings. The van der Waals surface area contributed by atoms with E-state index in [1.165, 1.54) is 28.6 Å². The fraction of sp³-hybridized carbons (Fsp3) is 0.457. The van der Waals surface area contributed by atoms with Gasteiger partial charge in [-0.1, -0.05) is 74.5 Å². The van der Waals surface area contributed by atoms with Crippen molar-refractivity contribution in [1.29, 1.82) is 0 Å². The molecular formula is C35H47N3O8S. The largest absolute Gasteiger partial charge is 0.443 e. The van der Waals surface area contributed by atoms with Crippen LogP contribution in [0.3, 0.4) is 0 Å². The fourth-order valence-electron chi connectivity index (χ4n) is 5.77. The van der Waals surface area contributed by atoms with Crippen LogP contribution in [0.1, 0.15) is 31.9 Å². The summed E-state index contributed by atoms with van der Waals surface area (Å²) < 4.78 is 46.3. The van der Waals surface area contributed by atoms with Crippen molar-refractivity contribution in [3.8, 4) is 0 Å². The van der Waals surface area contributed by atoms with Gasteiger partial charge in [0.15, 0.2) is 0 Å². The van der Waals surface area contributed by atoms with Crippen LogP contribution in [0.15, 0.2) is 89.8 Å². The Labute approximate surface area is 277 Å². The fourth-order valence-corrected chi connectivity index (χ4v) is 7.39. The monoisotopic (exact) mass is 669 g/mol. The first-order valence-corrected chi connectivity index (χ1v) is 17.3. The van der Waals surface area contributed by atoms with Crippen molar-refractivity contribution in [3.05, 3.63) is 96.1 Å². The van der Waals surface area contributed by atoms with Crippen LogP contribution in [0.5, 0.6) is 0 Å². The molecular weight excluding hydrogens is 622 g/mol. The van der Waals surface area contributed by atoms with Gasteiger partial charge < -0.3 is 35.5 Å². The van der Waals surface area contributed by atoms with Crippen molar-refractivity contribution in [1.82, 2.24) is 9.62 Å².